The number of nitrogens with one attached hydrogen (secondary N) is 1. The van der Waals surface area contributed by atoms with Gasteiger partial charge in [-0.05, 0) is 75.6 Å². The SMILES string of the molecule is CC=C(C)\C=C(/C=C(C)/C(C)=C(/CC)OC)C(=O)Nc1nc2ccc(C)cc2n1C. The van der Waals surface area contributed by atoms with Gasteiger partial charge in [0.25, 0.3) is 5.91 Å². The Hall–Kier alpha value is -3.08. The Balaban J connectivity index is 2.45. The number of carbonyl (C=O) groups is 1. The van der Waals surface area contributed by atoms with Gasteiger partial charge in [-0.1, -0.05) is 24.6 Å². The van der Waals surface area contributed by atoms with Crippen molar-refractivity contribution in [1.82, 2.24) is 9.55 Å². The first-order valence-corrected chi connectivity index (χ1v) is 10.2. The van der Waals surface area contributed by atoms with E-state index in [4.69, 9.17) is 4.74 Å². The first kappa shape index (κ1) is 23.2. The molecule has 1 amide bonds. The molecule has 1 N–H and O–H groups in total. The van der Waals surface area contributed by atoms with Gasteiger partial charge in [-0.2, -0.15) is 0 Å². The predicted molar refractivity (Wildman–Crippen MR) is 125 cm³/mol. The van der Waals surface area contributed by atoms with Crippen LogP contribution >= 0.6 is 0 Å². The van der Waals surface area contributed by atoms with Crippen molar-refractivity contribution in [3.05, 3.63) is 70.0 Å². The van der Waals surface area contributed by atoms with Crippen LogP contribution in [0.15, 0.2) is 64.5 Å². The van der Waals surface area contributed by atoms with E-state index in [-0.39, 0.29) is 5.91 Å². The maximum Gasteiger partial charge on any atom is 0.257 e. The lowest BCUT2D eigenvalue weighted by atomic mass is 10.0. The van der Waals surface area contributed by atoms with Gasteiger partial charge in [0.1, 0.15) is 0 Å². The number of aromatic nitrogens is 2. The second kappa shape index (κ2) is 10.1. The van der Waals surface area contributed by atoms with Crippen LogP contribution in [0.2, 0.25) is 0 Å². The van der Waals surface area contributed by atoms with E-state index in [0.29, 0.717) is 11.5 Å². The number of hydrogen-bond acceptors (Lipinski definition) is 3. The van der Waals surface area contributed by atoms with E-state index >= 15 is 0 Å². The molecule has 0 aliphatic heterocycles. The Kier molecular flexibility index (Phi) is 7.81. The van der Waals surface area contributed by atoms with Crippen LogP contribution in [0.1, 0.15) is 46.6 Å². The van der Waals surface area contributed by atoms with E-state index in [1.54, 1.807) is 7.11 Å². The van der Waals surface area contributed by atoms with Crippen LogP contribution in [0.4, 0.5) is 5.95 Å². The molecule has 0 fully saturated rings. The molecule has 5 heteroatoms. The molecule has 0 bridgehead atoms. The van der Waals surface area contributed by atoms with Crippen LogP contribution in [0.5, 0.6) is 0 Å². The van der Waals surface area contributed by atoms with Gasteiger partial charge in [0.15, 0.2) is 0 Å². The fraction of sp³-hybridized carbons (Fsp3) is 0.360. The number of fused-ring (bicyclic) bond motifs is 1. The number of benzene rings is 1. The van der Waals surface area contributed by atoms with Gasteiger partial charge < -0.3 is 9.30 Å². The molecule has 30 heavy (non-hydrogen) atoms. The van der Waals surface area contributed by atoms with Crippen molar-refractivity contribution in [2.75, 3.05) is 12.4 Å². The van der Waals surface area contributed by atoms with Crippen molar-refractivity contribution in [2.24, 2.45) is 7.05 Å². The van der Waals surface area contributed by atoms with Gasteiger partial charge in [-0.25, -0.2) is 4.98 Å². The quantitative estimate of drug-likeness (QED) is 0.348. The van der Waals surface area contributed by atoms with Crippen molar-refractivity contribution in [3.8, 4) is 0 Å². The zero-order valence-corrected chi connectivity index (χ0v) is 19.4. The van der Waals surface area contributed by atoms with Gasteiger partial charge in [-0.15, -0.1) is 0 Å². The molecule has 2 aromatic rings. The summed E-state index contributed by atoms with van der Waals surface area (Å²) in [6, 6.07) is 6.05. The molecule has 0 saturated carbocycles. The monoisotopic (exact) mass is 407 g/mol. The Bertz CT molecular complexity index is 1060. The summed E-state index contributed by atoms with van der Waals surface area (Å²) in [5.41, 5.74) is 6.59. The maximum atomic E-state index is 13.2. The molecule has 0 spiro atoms. The number of methoxy groups -OCH3 is 1. The molecule has 2 rings (SSSR count). The Morgan fingerprint density at radius 2 is 1.93 bits per heavy atom. The summed E-state index contributed by atoms with van der Waals surface area (Å²) >= 11 is 0. The summed E-state index contributed by atoms with van der Waals surface area (Å²) in [5, 5.41) is 2.98. The second-order valence-corrected chi connectivity index (χ2v) is 7.51. The summed E-state index contributed by atoms with van der Waals surface area (Å²) in [4.78, 5) is 17.8. The molecule has 1 aromatic heterocycles. The summed E-state index contributed by atoms with van der Waals surface area (Å²) in [5.74, 6) is 1.24. The molecule has 0 aliphatic rings. The molecular formula is C25H33N3O2. The van der Waals surface area contributed by atoms with Crippen LogP contribution in [-0.4, -0.2) is 22.6 Å². The molecule has 0 atom stereocenters. The third-order valence-electron chi connectivity index (χ3n) is 5.31. The normalized spacial score (nSPS) is 14.1. The predicted octanol–water partition coefficient (Wildman–Crippen LogP) is 5.99. The maximum absolute atomic E-state index is 13.2. The van der Waals surface area contributed by atoms with Crippen molar-refractivity contribution >= 4 is 22.9 Å². The number of amides is 1. The molecule has 5 nitrogen and oxygen atoms in total. The van der Waals surface area contributed by atoms with Crippen molar-refractivity contribution in [1.29, 1.82) is 0 Å². The van der Waals surface area contributed by atoms with E-state index in [2.05, 4.69) is 23.3 Å². The lowest BCUT2D eigenvalue weighted by Gasteiger charge is -2.11. The van der Waals surface area contributed by atoms with E-state index < -0.39 is 0 Å². The number of ether oxygens (including phenoxy) is 1. The molecule has 160 valence electrons. The van der Waals surface area contributed by atoms with Crippen molar-refractivity contribution in [3.63, 3.8) is 0 Å². The van der Waals surface area contributed by atoms with Crippen LogP contribution in [0.3, 0.4) is 0 Å². The highest BCUT2D eigenvalue weighted by Gasteiger charge is 2.15. The van der Waals surface area contributed by atoms with Crippen molar-refractivity contribution in [2.45, 2.75) is 48.0 Å². The third kappa shape index (κ3) is 5.29. The van der Waals surface area contributed by atoms with E-state index in [1.165, 1.54) is 0 Å². The first-order chi connectivity index (χ1) is 14.2. The highest BCUT2D eigenvalue weighted by molar-refractivity contribution is 6.06. The Morgan fingerprint density at radius 3 is 2.53 bits per heavy atom. The number of aryl methyl sites for hydroxylation is 2. The standard InChI is InChI=1S/C25H33N3O2/c1-9-16(3)13-20(15-18(5)19(6)23(10-2)30-8)24(29)27-25-26-21-12-11-17(4)14-22(21)28(25)7/h9,11-15H,10H2,1-8H3,(H,26,27,29)/b16-9?,18-15+,20-13+,23-19-. The smallest absolute Gasteiger partial charge is 0.257 e. The lowest BCUT2D eigenvalue weighted by molar-refractivity contribution is -0.112. The second-order valence-electron chi connectivity index (χ2n) is 7.51. The zero-order valence-electron chi connectivity index (χ0n) is 19.4. The van der Waals surface area contributed by atoms with E-state index in [9.17, 15) is 4.79 Å². The molecule has 0 aliphatic carbocycles. The summed E-state index contributed by atoms with van der Waals surface area (Å²) in [7, 11) is 3.58. The largest absolute Gasteiger partial charge is 0.501 e. The fourth-order valence-corrected chi connectivity index (χ4v) is 3.21. The highest BCUT2D eigenvalue weighted by atomic mass is 16.5. The zero-order chi connectivity index (χ0) is 22.4. The summed E-state index contributed by atoms with van der Waals surface area (Å²) < 4.78 is 7.38. The van der Waals surface area contributed by atoms with E-state index in [1.807, 2.05) is 76.6 Å². The minimum atomic E-state index is -0.200. The topological polar surface area (TPSA) is 56.1 Å². The number of nitrogens with zero attached hydrogens (tertiary/aromatic N) is 2. The van der Waals surface area contributed by atoms with Gasteiger partial charge in [0, 0.05) is 19.0 Å². The molecule has 1 aromatic carbocycles. The minimum Gasteiger partial charge on any atom is -0.501 e. The van der Waals surface area contributed by atoms with Crippen molar-refractivity contribution < 1.29 is 9.53 Å². The lowest BCUT2D eigenvalue weighted by Crippen LogP contribution is -2.16. The van der Waals surface area contributed by atoms with Crippen LogP contribution in [-0.2, 0) is 16.6 Å². The fourth-order valence-electron chi connectivity index (χ4n) is 3.21. The van der Waals surface area contributed by atoms with Crippen LogP contribution in [0, 0.1) is 6.92 Å². The average Bonchev–Trinajstić information content (AvgIpc) is 3.02. The third-order valence-corrected chi connectivity index (χ3v) is 5.31. The van der Waals surface area contributed by atoms with Gasteiger partial charge in [0.2, 0.25) is 5.95 Å². The molecule has 0 radical (unpaired) electrons. The number of hydrogen-bond donors (Lipinski definition) is 1. The summed E-state index contributed by atoms with van der Waals surface area (Å²) in [6.45, 7) is 12.0. The molecule has 0 saturated heterocycles. The Morgan fingerprint density at radius 1 is 1.23 bits per heavy atom. The molecule has 1 heterocycles. The van der Waals surface area contributed by atoms with Gasteiger partial charge in [0.05, 0.1) is 23.9 Å². The average molecular weight is 408 g/mol. The van der Waals surface area contributed by atoms with Gasteiger partial charge in [-0.3, -0.25) is 10.1 Å². The highest BCUT2D eigenvalue weighted by Crippen LogP contribution is 2.22. The number of allylic oxidation sites excluding steroid dienone is 6. The number of imidazole rings is 1. The summed E-state index contributed by atoms with van der Waals surface area (Å²) in [6.07, 6.45) is 6.56. The number of rotatable bonds is 7. The first-order valence-electron chi connectivity index (χ1n) is 10.2. The van der Waals surface area contributed by atoms with Gasteiger partial charge >= 0.3 is 0 Å². The number of carbonyl (C=O) groups excluding carboxylic acids is 1. The molecule has 0 unspecified atom stereocenters. The Labute approximate surface area is 179 Å². The van der Waals surface area contributed by atoms with Crippen LogP contribution < -0.4 is 5.32 Å². The van der Waals surface area contributed by atoms with Crippen LogP contribution in [0.25, 0.3) is 11.0 Å². The minimum absolute atomic E-state index is 0.200. The molecular weight excluding hydrogens is 374 g/mol. The van der Waals surface area contributed by atoms with E-state index in [0.717, 1.165) is 45.5 Å². The number of anilines is 1.